The maximum Gasteiger partial charge on any atom is 0.245 e. The molecule has 1 saturated carbocycles. The maximum absolute atomic E-state index is 12.8. The molecule has 118 valence electrons. The Hall–Kier alpha value is -1.10. The highest BCUT2D eigenvalue weighted by molar-refractivity contribution is 5.90. The maximum atomic E-state index is 12.8. The molecule has 21 heavy (non-hydrogen) atoms. The van der Waals surface area contributed by atoms with E-state index in [-0.39, 0.29) is 23.8 Å². The van der Waals surface area contributed by atoms with Crippen LogP contribution < -0.4 is 0 Å². The van der Waals surface area contributed by atoms with Gasteiger partial charge in [-0.05, 0) is 51.9 Å². The number of nitrogens with zero attached hydrogens (tertiary/aromatic N) is 2. The van der Waals surface area contributed by atoms with Gasteiger partial charge in [-0.15, -0.1) is 0 Å². The van der Waals surface area contributed by atoms with Gasteiger partial charge in [-0.25, -0.2) is 0 Å². The summed E-state index contributed by atoms with van der Waals surface area (Å²) >= 11 is 0. The smallest absolute Gasteiger partial charge is 0.245 e. The van der Waals surface area contributed by atoms with E-state index in [1.54, 1.807) is 0 Å². The van der Waals surface area contributed by atoms with E-state index in [2.05, 4.69) is 0 Å². The second-order valence-corrected chi connectivity index (χ2v) is 7.14. The summed E-state index contributed by atoms with van der Waals surface area (Å²) in [5.41, 5.74) is -0.659. The van der Waals surface area contributed by atoms with Crippen LogP contribution >= 0.6 is 0 Å². The molecular formula is C16H26N2O3. The van der Waals surface area contributed by atoms with E-state index >= 15 is 0 Å². The fourth-order valence-corrected chi connectivity index (χ4v) is 3.55. The molecule has 0 radical (unpaired) electrons. The molecule has 2 amide bonds. The molecule has 2 heterocycles. The summed E-state index contributed by atoms with van der Waals surface area (Å²) in [6.45, 7) is 3.89. The standard InChI is InChI=1S/C16H26N2O3/c1-16(21)7-3-9-17(11-8-16)15(20)13-4-2-10-18(13)14(19)12-5-6-12/h12-13,21H,2-11H2,1H3. The first-order valence-electron chi connectivity index (χ1n) is 8.30. The topological polar surface area (TPSA) is 60.9 Å². The second-order valence-electron chi connectivity index (χ2n) is 7.14. The number of likely N-dealkylation sites (tertiary alicyclic amines) is 2. The average molecular weight is 294 g/mol. The quantitative estimate of drug-likeness (QED) is 0.831. The minimum absolute atomic E-state index is 0.0965. The summed E-state index contributed by atoms with van der Waals surface area (Å²) < 4.78 is 0. The van der Waals surface area contributed by atoms with Crippen molar-refractivity contribution in [3.63, 3.8) is 0 Å². The van der Waals surface area contributed by atoms with Crippen molar-refractivity contribution < 1.29 is 14.7 Å². The molecule has 3 aliphatic rings. The highest BCUT2D eigenvalue weighted by Gasteiger charge is 2.42. The first-order chi connectivity index (χ1) is 9.98. The summed E-state index contributed by atoms with van der Waals surface area (Å²) in [5, 5.41) is 10.1. The third-order valence-electron chi connectivity index (χ3n) is 5.12. The highest BCUT2D eigenvalue weighted by Crippen LogP contribution is 2.34. The van der Waals surface area contributed by atoms with Crippen LogP contribution in [0.1, 0.15) is 51.9 Å². The zero-order valence-corrected chi connectivity index (χ0v) is 12.9. The van der Waals surface area contributed by atoms with Crippen LogP contribution in [0.4, 0.5) is 0 Å². The van der Waals surface area contributed by atoms with Crippen LogP contribution in [-0.4, -0.2) is 58.0 Å². The van der Waals surface area contributed by atoms with E-state index in [0.29, 0.717) is 19.5 Å². The molecule has 2 atom stereocenters. The zero-order valence-electron chi connectivity index (χ0n) is 12.9. The van der Waals surface area contributed by atoms with Crippen LogP contribution in [0.25, 0.3) is 0 Å². The van der Waals surface area contributed by atoms with Gasteiger partial charge in [0.15, 0.2) is 0 Å². The van der Waals surface area contributed by atoms with Gasteiger partial charge in [-0.2, -0.15) is 0 Å². The van der Waals surface area contributed by atoms with Crippen LogP contribution in [0.5, 0.6) is 0 Å². The van der Waals surface area contributed by atoms with Crippen molar-refractivity contribution >= 4 is 11.8 Å². The molecule has 1 N–H and O–H groups in total. The summed E-state index contributed by atoms with van der Waals surface area (Å²) in [5.74, 6) is 0.468. The summed E-state index contributed by atoms with van der Waals surface area (Å²) in [7, 11) is 0. The predicted molar refractivity (Wildman–Crippen MR) is 78.5 cm³/mol. The number of hydrogen-bond acceptors (Lipinski definition) is 3. The van der Waals surface area contributed by atoms with Crippen molar-refractivity contribution in [1.82, 2.24) is 9.80 Å². The number of aliphatic hydroxyl groups is 1. The van der Waals surface area contributed by atoms with Crippen molar-refractivity contribution in [3.8, 4) is 0 Å². The summed E-state index contributed by atoms with van der Waals surface area (Å²) in [6.07, 6.45) is 5.91. The molecule has 5 nitrogen and oxygen atoms in total. The lowest BCUT2D eigenvalue weighted by molar-refractivity contribution is -0.144. The molecule has 0 bridgehead atoms. The van der Waals surface area contributed by atoms with Gasteiger partial charge in [0.2, 0.25) is 11.8 Å². The number of rotatable bonds is 2. The van der Waals surface area contributed by atoms with Crippen LogP contribution in [0, 0.1) is 5.92 Å². The zero-order chi connectivity index (χ0) is 15.0. The molecule has 0 aromatic carbocycles. The van der Waals surface area contributed by atoms with Gasteiger partial charge in [0.1, 0.15) is 6.04 Å². The number of carbonyl (C=O) groups excluding carboxylic acids is 2. The monoisotopic (exact) mass is 294 g/mol. The van der Waals surface area contributed by atoms with E-state index < -0.39 is 5.60 Å². The van der Waals surface area contributed by atoms with Gasteiger partial charge in [0.05, 0.1) is 5.60 Å². The van der Waals surface area contributed by atoms with Gasteiger partial charge < -0.3 is 14.9 Å². The molecule has 1 aliphatic carbocycles. The van der Waals surface area contributed by atoms with Crippen molar-refractivity contribution in [1.29, 1.82) is 0 Å². The van der Waals surface area contributed by atoms with Gasteiger partial charge in [0, 0.05) is 25.6 Å². The number of hydrogen-bond donors (Lipinski definition) is 1. The Morgan fingerprint density at radius 2 is 1.76 bits per heavy atom. The third kappa shape index (κ3) is 3.23. The Morgan fingerprint density at radius 1 is 1.00 bits per heavy atom. The van der Waals surface area contributed by atoms with E-state index in [0.717, 1.165) is 45.1 Å². The average Bonchev–Trinajstić information content (AvgIpc) is 3.20. The summed E-state index contributed by atoms with van der Waals surface area (Å²) in [6, 6.07) is -0.249. The lowest BCUT2D eigenvalue weighted by atomic mass is 9.98. The second kappa shape index (κ2) is 5.59. The van der Waals surface area contributed by atoms with Crippen molar-refractivity contribution in [2.24, 2.45) is 5.92 Å². The third-order valence-corrected chi connectivity index (χ3v) is 5.12. The molecular weight excluding hydrogens is 268 g/mol. The Kier molecular flexibility index (Phi) is 3.95. The predicted octanol–water partition coefficient (Wildman–Crippen LogP) is 1.15. The van der Waals surface area contributed by atoms with Gasteiger partial charge >= 0.3 is 0 Å². The Labute approximate surface area is 126 Å². The van der Waals surface area contributed by atoms with E-state index in [1.165, 1.54) is 0 Å². The molecule has 5 heteroatoms. The normalized spacial score (nSPS) is 33.9. The SMILES string of the molecule is CC1(O)CCCN(C(=O)C2CCCN2C(=O)C2CC2)CC1. The van der Waals surface area contributed by atoms with E-state index in [1.807, 2.05) is 16.7 Å². The van der Waals surface area contributed by atoms with E-state index in [9.17, 15) is 14.7 Å². The lowest BCUT2D eigenvalue weighted by Gasteiger charge is -2.30. The van der Waals surface area contributed by atoms with Crippen LogP contribution in [-0.2, 0) is 9.59 Å². The van der Waals surface area contributed by atoms with Crippen LogP contribution in [0.15, 0.2) is 0 Å². The molecule has 3 rings (SSSR count). The van der Waals surface area contributed by atoms with E-state index in [4.69, 9.17) is 0 Å². The van der Waals surface area contributed by atoms with Crippen molar-refractivity contribution in [2.45, 2.75) is 63.5 Å². The van der Waals surface area contributed by atoms with Gasteiger partial charge in [0.25, 0.3) is 0 Å². The fourth-order valence-electron chi connectivity index (χ4n) is 3.55. The van der Waals surface area contributed by atoms with Gasteiger partial charge in [-0.1, -0.05) is 0 Å². The first kappa shape index (κ1) is 14.8. The minimum atomic E-state index is -0.659. The highest BCUT2D eigenvalue weighted by atomic mass is 16.3. The van der Waals surface area contributed by atoms with Crippen molar-refractivity contribution in [3.05, 3.63) is 0 Å². The van der Waals surface area contributed by atoms with Crippen LogP contribution in [0.3, 0.4) is 0 Å². The van der Waals surface area contributed by atoms with Gasteiger partial charge in [-0.3, -0.25) is 9.59 Å². The molecule has 0 aromatic heterocycles. The molecule has 2 unspecified atom stereocenters. The molecule has 0 aromatic rings. The Bertz CT molecular complexity index is 431. The largest absolute Gasteiger partial charge is 0.390 e. The minimum Gasteiger partial charge on any atom is -0.390 e. The molecule has 0 spiro atoms. The molecule has 2 saturated heterocycles. The molecule has 3 fully saturated rings. The lowest BCUT2D eigenvalue weighted by Crippen LogP contribution is -2.48. The first-order valence-corrected chi connectivity index (χ1v) is 8.30. The van der Waals surface area contributed by atoms with Crippen molar-refractivity contribution in [2.75, 3.05) is 19.6 Å². The number of amides is 2. The Balaban J connectivity index is 1.64. The number of carbonyl (C=O) groups is 2. The Morgan fingerprint density at radius 3 is 2.48 bits per heavy atom. The van der Waals surface area contributed by atoms with Crippen LogP contribution in [0.2, 0.25) is 0 Å². The summed E-state index contributed by atoms with van der Waals surface area (Å²) in [4.78, 5) is 28.8. The molecule has 2 aliphatic heterocycles. The fraction of sp³-hybridized carbons (Fsp3) is 0.875.